The maximum Gasteiger partial charge on any atom is 0.119 e. The van der Waals surface area contributed by atoms with E-state index < -0.39 is 6.10 Å². The van der Waals surface area contributed by atoms with Crippen LogP contribution >= 0.6 is 15.9 Å². The quantitative estimate of drug-likeness (QED) is 0.801. The molecule has 0 bridgehead atoms. The summed E-state index contributed by atoms with van der Waals surface area (Å²) in [7, 11) is 0. The van der Waals surface area contributed by atoms with Crippen molar-refractivity contribution in [3.05, 3.63) is 30.3 Å². The Morgan fingerprint density at radius 2 is 2.00 bits per heavy atom. The van der Waals surface area contributed by atoms with Crippen molar-refractivity contribution in [1.29, 1.82) is 0 Å². The van der Waals surface area contributed by atoms with Crippen molar-refractivity contribution < 1.29 is 9.84 Å². The Kier molecular flexibility index (Phi) is 4.11. The number of ether oxygens (including phenoxy) is 1. The minimum atomic E-state index is -0.440. The molecule has 0 saturated carbocycles. The zero-order valence-corrected chi connectivity index (χ0v) is 8.20. The van der Waals surface area contributed by atoms with Crippen LogP contribution < -0.4 is 4.74 Å². The van der Waals surface area contributed by atoms with Gasteiger partial charge in [-0.15, -0.1) is 0 Å². The average molecular weight is 231 g/mol. The normalized spacial score (nSPS) is 12.5. The fraction of sp³-hybridized carbons (Fsp3) is 0.333. The van der Waals surface area contributed by atoms with Crippen LogP contribution in [-0.4, -0.2) is 23.1 Å². The molecule has 2 nitrogen and oxygen atoms in total. The van der Waals surface area contributed by atoms with Crippen LogP contribution in [0.2, 0.25) is 0 Å². The van der Waals surface area contributed by atoms with Crippen LogP contribution in [0.25, 0.3) is 0 Å². The van der Waals surface area contributed by atoms with E-state index in [2.05, 4.69) is 15.9 Å². The van der Waals surface area contributed by atoms with Crippen LogP contribution in [0.15, 0.2) is 30.3 Å². The highest BCUT2D eigenvalue weighted by atomic mass is 79.9. The summed E-state index contributed by atoms with van der Waals surface area (Å²) in [6, 6.07) is 9.45. The molecule has 1 unspecified atom stereocenters. The van der Waals surface area contributed by atoms with E-state index in [0.29, 0.717) is 11.9 Å². The molecule has 66 valence electrons. The van der Waals surface area contributed by atoms with Crippen molar-refractivity contribution in [1.82, 2.24) is 0 Å². The Labute approximate surface area is 80.3 Å². The number of hydrogen-bond donors (Lipinski definition) is 1. The van der Waals surface area contributed by atoms with Crippen LogP contribution in [0.5, 0.6) is 5.75 Å². The molecular formula is C9H11BrO2. The van der Waals surface area contributed by atoms with Gasteiger partial charge in [0, 0.05) is 5.33 Å². The van der Waals surface area contributed by atoms with E-state index in [1.807, 2.05) is 30.3 Å². The van der Waals surface area contributed by atoms with Crippen molar-refractivity contribution >= 4 is 15.9 Å². The van der Waals surface area contributed by atoms with Gasteiger partial charge in [-0.1, -0.05) is 34.1 Å². The molecule has 1 aromatic rings. The third-order valence-corrected chi connectivity index (χ3v) is 2.11. The highest BCUT2D eigenvalue weighted by Gasteiger charge is 2.01. The second-order valence-electron chi connectivity index (χ2n) is 2.43. The van der Waals surface area contributed by atoms with E-state index >= 15 is 0 Å². The molecule has 12 heavy (non-hydrogen) atoms. The zero-order chi connectivity index (χ0) is 8.81. The molecule has 0 spiro atoms. The van der Waals surface area contributed by atoms with Gasteiger partial charge in [-0.2, -0.15) is 0 Å². The van der Waals surface area contributed by atoms with Gasteiger partial charge in [0.1, 0.15) is 12.4 Å². The van der Waals surface area contributed by atoms with Crippen molar-refractivity contribution in [2.24, 2.45) is 0 Å². The fourth-order valence-electron chi connectivity index (χ4n) is 0.754. The lowest BCUT2D eigenvalue weighted by Gasteiger charge is -2.08. The summed E-state index contributed by atoms with van der Waals surface area (Å²) < 4.78 is 5.28. The van der Waals surface area contributed by atoms with E-state index in [0.717, 1.165) is 5.75 Å². The molecule has 0 aliphatic carbocycles. The lowest BCUT2D eigenvalue weighted by molar-refractivity contribution is 0.127. The Morgan fingerprint density at radius 3 is 2.58 bits per heavy atom. The maximum absolute atomic E-state index is 9.15. The van der Waals surface area contributed by atoms with Gasteiger partial charge in [0.15, 0.2) is 0 Å². The summed E-state index contributed by atoms with van der Waals surface area (Å²) in [5.41, 5.74) is 0. The molecule has 0 amide bonds. The van der Waals surface area contributed by atoms with E-state index in [1.54, 1.807) is 0 Å². The van der Waals surface area contributed by atoms with Gasteiger partial charge in [-0.25, -0.2) is 0 Å². The van der Waals surface area contributed by atoms with E-state index in [-0.39, 0.29) is 0 Å². The number of benzene rings is 1. The van der Waals surface area contributed by atoms with Crippen molar-refractivity contribution in [3.63, 3.8) is 0 Å². The number of para-hydroxylation sites is 1. The summed E-state index contributed by atoms with van der Waals surface area (Å²) in [5.74, 6) is 0.789. The minimum absolute atomic E-state index is 0.329. The molecule has 0 aliphatic heterocycles. The molecule has 3 heteroatoms. The summed E-state index contributed by atoms with van der Waals surface area (Å²) in [5, 5.41) is 9.69. The average Bonchev–Trinajstić information content (AvgIpc) is 2.16. The van der Waals surface area contributed by atoms with Crippen LogP contribution in [-0.2, 0) is 0 Å². The standard InChI is InChI=1S/C9H11BrO2/c10-6-8(11)7-12-9-4-2-1-3-5-9/h1-5,8,11H,6-7H2. The minimum Gasteiger partial charge on any atom is -0.491 e. The van der Waals surface area contributed by atoms with Gasteiger partial charge < -0.3 is 9.84 Å². The van der Waals surface area contributed by atoms with Crippen molar-refractivity contribution in [3.8, 4) is 5.75 Å². The number of aliphatic hydroxyl groups excluding tert-OH is 1. The second-order valence-corrected chi connectivity index (χ2v) is 3.08. The maximum atomic E-state index is 9.15. The number of hydrogen-bond acceptors (Lipinski definition) is 2. The molecule has 0 saturated heterocycles. The van der Waals surface area contributed by atoms with Gasteiger partial charge >= 0.3 is 0 Å². The first-order chi connectivity index (χ1) is 5.83. The summed E-state index contributed by atoms with van der Waals surface area (Å²) >= 11 is 3.16. The number of rotatable bonds is 4. The van der Waals surface area contributed by atoms with Gasteiger partial charge in [0.25, 0.3) is 0 Å². The highest BCUT2D eigenvalue weighted by Crippen LogP contribution is 2.08. The SMILES string of the molecule is OC(CBr)COc1ccccc1. The Hall–Kier alpha value is -0.540. The number of aliphatic hydroxyl groups is 1. The summed E-state index contributed by atoms with van der Waals surface area (Å²) in [6.45, 7) is 0.329. The van der Waals surface area contributed by atoms with Crippen LogP contribution in [0.3, 0.4) is 0 Å². The van der Waals surface area contributed by atoms with Gasteiger partial charge in [-0.05, 0) is 12.1 Å². The smallest absolute Gasteiger partial charge is 0.119 e. The molecule has 0 fully saturated rings. The largest absolute Gasteiger partial charge is 0.491 e. The van der Waals surface area contributed by atoms with E-state index in [4.69, 9.17) is 9.84 Å². The lowest BCUT2D eigenvalue weighted by atomic mass is 10.3. The Bertz CT molecular complexity index is 213. The first-order valence-corrected chi connectivity index (χ1v) is 4.87. The first-order valence-electron chi connectivity index (χ1n) is 3.75. The van der Waals surface area contributed by atoms with Crippen LogP contribution in [0.1, 0.15) is 0 Å². The van der Waals surface area contributed by atoms with Gasteiger partial charge in [0.05, 0.1) is 6.10 Å². The number of halogens is 1. The van der Waals surface area contributed by atoms with Crippen LogP contribution in [0, 0.1) is 0 Å². The van der Waals surface area contributed by atoms with Gasteiger partial charge in [0.2, 0.25) is 0 Å². The molecule has 1 N–H and O–H groups in total. The third-order valence-electron chi connectivity index (χ3n) is 1.36. The zero-order valence-electron chi connectivity index (χ0n) is 6.61. The van der Waals surface area contributed by atoms with E-state index in [9.17, 15) is 0 Å². The first kappa shape index (κ1) is 9.55. The Balaban J connectivity index is 2.33. The topological polar surface area (TPSA) is 29.5 Å². The highest BCUT2D eigenvalue weighted by molar-refractivity contribution is 9.09. The molecule has 0 aliphatic rings. The third kappa shape index (κ3) is 3.24. The molecule has 1 atom stereocenters. The molecule has 0 heterocycles. The Morgan fingerprint density at radius 1 is 1.33 bits per heavy atom. The number of alkyl halides is 1. The van der Waals surface area contributed by atoms with Crippen molar-refractivity contribution in [2.45, 2.75) is 6.10 Å². The monoisotopic (exact) mass is 230 g/mol. The second kappa shape index (κ2) is 5.17. The molecule has 0 aromatic heterocycles. The molecule has 0 radical (unpaired) electrons. The predicted octanol–water partition coefficient (Wildman–Crippen LogP) is 1.82. The summed E-state index contributed by atoms with van der Waals surface area (Å²) in [4.78, 5) is 0. The summed E-state index contributed by atoms with van der Waals surface area (Å²) in [6.07, 6.45) is -0.440. The van der Waals surface area contributed by atoms with Gasteiger partial charge in [-0.3, -0.25) is 0 Å². The lowest BCUT2D eigenvalue weighted by Crippen LogP contribution is -2.18. The van der Waals surface area contributed by atoms with Crippen LogP contribution in [0.4, 0.5) is 0 Å². The molecular weight excluding hydrogens is 220 g/mol. The predicted molar refractivity (Wildman–Crippen MR) is 51.7 cm³/mol. The molecule has 1 rings (SSSR count). The molecule has 1 aromatic carbocycles. The van der Waals surface area contributed by atoms with Crippen molar-refractivity contribution in [2.75, 3.05) is 11.9 Å². The fourth-order valence-corrected chi connectivity index (χ4v) is 0.941. The van der Waals surface area contributed by atoms with E-state index in [1.165, 1.54) is 0 Å².